The lowest BCUT2D eigenvalue weighted by molar-refractivity contribution is 1.11. The smallest absolute Gasteiger partial charge is 0.194 e. The topological polar surface area (TPSA) is 41.1 Å². The van der Waals surface area contributed by atoms with E-state index in [0.29, 0.717) is 0 Å². The Hall–Kier alpha value is -1.60. The van der Waals surface area contributed by atoms with Gasteiger partial charge in [0, 0.05) is 17.2 Å². The fourth-order valence-electron chi connectivity index (χ4n) is 1.44. The molecule has 0 atom stereocenters. The predicted molar refractivity (Wildman–Crippen MR) is 57.2 cm³/mol. The zero-order valence-corrected chi connectivity index (χ0v) is 8.80. The van der Waals surface area contributed by atoms with Crippen LogP contribution in [0.25, 0.3) is 11.0 Å². The number of thiazole rings is 1. The van der Waals surface area contributed by atoms with E-state index in [9.17, 15) is 0 Å². The quantitative estimate of drug-likeness (QED) is 0.668. The molecule has 0 saturated carbocycles. The molecule has 0 aliphatic rings. The van der Waals surface area contributed by atoms with Crippen LogP contribution in [0, 0.1) is 25.2 Å². The lowest BCUT2D eigenvalue weighted by atomic mass is 10.3. The Morgan fingerprint density at radius 2 is 2.36 bits per heavy atom. The standard InChI is InChI=1S/C10H9N3S/c1-7-6-14-10-12-8(2)9(13(7)10)4-3-5-11/h3-4,6H,1-2H3. The van der Waals surface area contributed by atoms with Crippen LogP contribution in [0.3, 0.4) is 0 Å². The van der Waals surface area contributed by atoms with Crippen LogP contribution in [0.1, 0.15) is 17.1 Å². The molecule has 0 unspecified atom stereocenters. The minimum Gasteiger partial charge on any atom is -0.288 e. The number of allylic oxidation sites excluding steroid dienone is 1. The van der Waals surface area contributed by atoms with E-state index >= 15 is 0 Å². The molecule has 0 radical (unpaired) electrons. The summed E-state index contributed by atoms with van der Waals surface area (Å²) in [5.74, 6) is 0. The van der Waals surface area contributed by atoms with Gasteiger partial charge in [0.1, 0.15) is 0 Å². The molecule has 70 valence electrons. The van der Waals surface area contributed by atoms with Crippen molar-refractivity contribution in [3.63, 3.8) is 0 Å². The predicted octanol–water partition coefficient (Wildman–Crippen LogP) is 2.55. The maximum absolute atomic E-state index is 8.48. The number of hydrogen-bond acceptors (Lipinski definition) is 3. The number of aromatic nitrogens is 2. The van der Waals surface area contributed by atoms with Crippen LogP contribution in [-0.2, 0) is 0 Å². The molecule has 0 aromatic carbocycles. The normalized spacial score (nSPS) is 11.2. The SMILES string of the molecule is Cc1nc2scc(C)n2c1C=CC#N. The molecule has 2 heterocycles. The average molecular weight is 203 g/mol. The van der Waals surface area contributed by atoms with Gasteiger partial charge >= 0.3 is 0 Å². The molecule has 4 heteroatoms. The van der Waals surface area contributed by atoms with Crippen molar-refractivity contribution in [1.29, 1.82) is 5.26 Å². The van der Waals surface area contributed by atoms with E-state index in [1.807, 2.05) is 19.9 Å². The molecular formula is C10H9N3S. The van der Waals surface area contributed by atoms with E-state index in [0.717, 1.165) is 22.0 Å². The van der Waals surface area contributed by atoms with Crippen molar-refractivity contribution in [2.24, 2.45) is 0 Å². The van der Waals surface area contributed by atoms with Crippen molar-refractivity contribution in [3.8, 4) is 6.07 Å². The zero-order chi connectivity index (χ0) is 10.1. The Bertz CT molecular complexity index is 539. The van der Waals surface area contributed by atoms with Crippen LogP contribution >= 0.6 is 11.3 Å². The van der Waals surface area contributed by atoms with Crippen LogP contribution in [0.15, 0.2) is 11.5 Å². The number of aryl methyl sites for hydroxylation is 2. The van der Waals surface area contributed by atoms with Crippen LogP contribution in [0.5, 0.6) is 0 Å². The van der Waals surface area contributed by atoms with E-state index < -0.39 is 0 Å². The summed E-state index contributed by atoms with van der Waals surface area (Å²) in [4.78, 5) is 5.39. The van der Waals surface area contributed by atoms with Crippen molar-refractivity contribution in [1.82, 2.24) is 9.38 Å². The second-order valence-corrected chi connectivity index (χ2v) is 3.88. The van der Waals surface area contributed by atoms with Gasteiger partial charge in [0.15, 0.2) is 4.96 Å². The Morgan fingerprint density at radius 1 is 1.57 bits per heavy atom. The minimum atomic E-state index is 0.964. The fourth-order valence-corrected chi connectivity index (χ4v) is 2.36. The van der Waals surface area contributed by atoms with Gasteiger partial charge in [-0.15, -0.1) is 11.3 Å². The van der Waals surface area contributed by atoms with Gasteiger partial charge in [0.2, 0.25) is 0 Å². The molecule has 0 aliphatic carbocycles. The first-order valence-corrected chi connectivity index (χ1v) is 5.11. The molecule has 0 bridgehead atoms. The highest BCUT2D eigenvalue weighted by atomic mass is 32.1. The highest BCUT2D eigenvalue weighted by molar-refractivity contribution is 7.15. The summed E-state index contributed by atoms with van der Waals surface area (Å²) in [6, 6.07) is 1.99. The largest absolute Gasteiger partial charge is 0.288 e. The van der Waals surface area contributed by atoms with Crippen LogP contribution in [0.2, 0.25) is 0 Å². The molecule has 0 aliphatic heterocycles. The highest BCUT2D eigenvalue weighted by Crippen LogP contribution is 2.21. The van der Waals surface area contributed by atoms with Gasteiger partial charge in [-0.25, -0.2) is 4.98 Å². The van der Waals surface area contributed by atoms with Crippen molar-refractivity contribution < 1.29 is 0 Å². The minimum absolute atomic E-state index is 0.964. The van der Waals surface area contributed by atoms with Gasteiger partial charge in [-0.2, -0.15) is 5.26 Å². The summed E-state index contributed by atoms with van der Waals surface area (Å²) in [6.07, 6.45) is 3.28. The molecule has 3 nitrogen and oxygen atoms in total. The molecule has 2 aromatic heterocycles. The number of fused-ring (bicyclic) bond motifs is 1. The molecule has 14 heavy (non-hydrogen) atoms. The Morgan fingerprint density at radius 3 is 3.07 bits per heavy atom. The van der Waals surface area contributed by atoms with Crippen molar-refractivity contribution >= 4 is 22.4 Å². The Labute approximate surface area is 85.9 Å². The van der Waals surface area contributed by atoms with E-state index in [1.54, 1.807) is 17.4 Å². The second-order valence-electron chi connectivity index (χ2n) is 3.04. The molecule has 0 amide bonds. The first-order valence-electron chi connectivity index (χ1n) is 4.23. The molecule has 0 fully saturated rings. The van der Waals surface area contributed by atoms with Crippen molar-refractivity contribution in [2.45, 2.75) is 13.8 Å². The van der Waals surface area contributed by atoms with E-state index in [1.165, 1.54) is 6.08 Å². The zero-order valence-electron chi connectivity index (χ0n) is 7.98. The molecule has 2 rings (SSSR count). The molecular weight excluding hydrogens is 194 g/mol. The molecule has 2 aromatic rings. The average Bonchev–Trinajstić information content (AvgIpc) is 2.64. The number of rotatable bonds is 1. The molecule has 0 spiro atoms. The Kier molecular flexibility index (Phi) is 2.10. The summed E-state index contributed by atoms with van der Waals surface area (Å²) in [5, 5.41) is 10.5. The lowest BCUT2D eigenvalue weighted by Gasteiger charge is -1.94. The number of nitrogens with zero attached hydrogens (tertiary/aromatic N) is 3. The van der Waals surface area contributed by atoms with Gasteiger partial charge in [-0.1, -0.05) is 0 Å². The van der Waals surface area contributed by atoms with E-state index in [-0.39, 0.29) is 0 Å². The summed E-state index contributed by atoms with van der Waals surface area (Å²) < 4.78 is 2.06. The summed E-state index contributed by atoms with van der Waals surface area (Å²) in [7, 11) is 0. The van der Waals surface area contributed by atoms with Gasteiger partial charge in [0.25, 0.3) is 0 Å². The van der Waals surface area contributed by atoms with Gasteiger partial charge < -0.3 is 0 Å². The highest BCUT2D eigenvalue weighted by Gasteiger charge is 2.08. The number of nitriles is 1. The summed E-state index contributed by atoms with van der Waals surface area (Å²) in [6.45, 7) is 3.99. The van der Waals surface area contributed by atoms with Crippen LogP contribution in [0.4, 0.5) is 0 Å². The third-order valence-electron chi connectivity index (χ3n) is 2.07. The van der Waals surface area contributed by atoms with Gasteiger partial charge in [-0.3, -0.25) is 4.40 Å². The first-order chi connectivity index (χ1) is 6.74. The van der Waals surface area contributed by atoms with Gasteiger partial charge in [0.05, 0.1) is 17.5 Å². The first kappa shape index (κ1) is 8.97. The molecule has 0 N–H and O–H groups in total. The third kappa shape index (κ3) is 1.22. The maximum atomic E-state index is 8.48. The monoisotopic (exact) mass is 203 g/mol. The van der Waals surface area contributed by atoms with Crippen LogP contribution in [-0.4, -0.2) is 9.38 Å². The van der Waals surface area contributed by atoms with E-state index in [4.69, 9.17) is 5.26 Å². The van der Waals surface area contributed by atoms with Gasteiger partial charge in [-0.05, 0) is 19.9 Å². The van der Waals surface area contributed by atoms with Crippen molar-refractivity contribution in [2.75, 3.05) is 0 Å². The lowest BCUT2D eigenvalue weighted by Crippen LogP contribution is -1.87. The van der Waals surface area contributed by atoms with E-state index in [2.05, 4.69) is 14.8 Å². The second kappa shape index (κ2) is 3.28. The van der Waals surface area contributed by atoms with Crippen LogP contribution < -0.4 is 0 Å². The number of hydrogen-bond donors (Lipinski definition) is 0. The molecule has 0 saturated heterocycles. The third-order valence-corrected chi connectivity index (χ3v) is 3.01. The maximum Gasteiger partial charge on any atom is 0.194 e. The summed E-state index contributed by atoms with van der Waals surface area (Å²) >= 11 is 1.62. The fraction of sp³-hybridized carbons (Fsp3) is 0.200. The Balaban J connectivity index is 2.72. The summed E-state index contributed by atoms with van der Waals surface area (Å²) in [5.41, 5.74) is 3.12. The van der Waals surface area contributed by atoms with Crippen molar-refractivity contribution in [3.05, 3.63) is 28.5 Å². The number of imidazole rings is 1.